The Balaban J connectivity index is 1.71. The first-order valence-electron chi connectivity index (χ1n) is 8.51. The normalized spacial score (nSPS) is 11.0. The lowest BCUT2D eigenvalue weighted by Crippen LogP contribution is -2.31. The topological polar surface area (TPSA) is 85.3 Å². The van der Waals surface area contributed by atoms with Gasteiger partial charge in [0.2, 0.25) is 0 Å². The van der Waals surface area contributed by atoms with Crippen LogP contribution in [-0.2, 0) is 13.1 Å². The Bertz CT molecular complexity index is 1040. The van der Waals surface area contributed by atoms with Crippen LogP contribution in [0, 0.1) is 13.8 Å². The summed E-state index contributed by atoms with van der Waals surface area (Å²) in [6.45, 7) is 4.46. The van der Waals surface area contributed by atoms with Gasteiger partial charge >= 0.3 is 0 Å². The first kappa shape index (κ1) is 17.0. The SMILES string of the molecule is Cc1ccc2nc(C)c(C(=O)N(Cc3cocn3)Cc3cocn3)cc2c1. The Morgan fingerprint density at radius 1 is 1.00 bits per heavy atom. The zero-order chi connectivity index (χ0) is 18.8. The molecule has 0 N–H and O–H groups in total. The molecule has 0 radical (unpaired) electrons. The van der Waals surface area contributed by atoms with Gasteiger partial charge in [0.05, 0.1) is 41.3 Å². The Morgan fingerprint density at radius 3 is 2.26 bits per heavy atom. The van der Waals surface area contributed by atoms with Crippen molar-refractivity contribution < 1.29 is 13.6 Å². The molecule has 136 valence electrons. The second kappa shape index (κ2) is 7.03. The highest BCUT2D eigenvalue weighted by Crippen LogP contribution is 2.21. The highest BCUT2D eigenvalue weighted by Gasteiger charge is 2.21. The van der Waals surface area contributed by atoms with Crippen molar-refractivity contribution in [2.45, 2.75) is 26.9 Å². The molecule has 1 amide bonds. The van der Waals surface area contributed by atoms with E-state index in [1.165, 1.54) is 25.3 Å². The van der Waals surface area contributed by atoms with Crippen LogP contribution in [0.4, 0.5) is 0 Å². The van der Waals surface area contributed by atoms with E-state index < -0.39 is 0 Å². The molecule has 4 aromatic rings. The van der Waals surface area contributed by atoms with Gasteiger partial charge in [0.15, 0.2) is 12.8 Å². The maximum Gasteiger partial charge on any atom is 0.256 e. The van der Waals surface area contributed by atoms with Crippen LogP contribution in [0.5, 0.6) is 0 Å². The molecular weight excluding hydrogens is 344 g/mol. The van der Waals surface area contributed by atoms with Crippen molar-refractivity contribution in [1.82, 2.24) is 19.9 Å². The zero-order valence-electron chi connectivity index (χ0n) is 15.0. The van der Waals surface area contributed by atoms with Crippen LogP contribution in [-0.4, -0.2) is 25.8 Å². The molecule has 0 fully saturated rings. The van der Waals surface area contributed by atoms with Crippen LogP contribution < -0.4 is 0 Å². The van der Waals surface area contributed by atoms with Crippen molar-refractivity contribution in [2.24, 2.45) is 0 Å². The van der Waals surface area contributed by atoms with E-state index >= 15 is 0 Å². The van der Waals surface area contributed by atoms with Gasteiger partial charge in [0.1, 0.15) is 12.5 Å². The lowest BCUT2D eigenvalue weighted by Gasteiger charge is -2.21. The lowest BCUT2D eigenvalue weighted by atomic mass is 10.1. The lowest BCUT2D eigenvalue weighted by molar-refractivity contribution is 0.0724. The third-order valence-corrected chi connectivity index (χ3v) is 4.35. The number of nitrogens with zero attached hydrogens (tertiary/aromatic N) is 4. The number of oxazole rings is 2. The van der Waals surface area contributed by atoms with E-state index in [0.29, 0.717) is 35.7 Å². The number of pyridine rings is 1. The van der Waals surface area contributed by atoms with Crippen molar-refractivity contribution >= 4 is 16.8 Å². The summed E-state index contributed by atoms with van der Waals surface area (Å²) in [4.78, 5) is 27.8. The molecule has 1 aromatic carbocycles. The Kier molecular flexibility index (Phi) is 4.42. The van der Waals surface area contributed by atoms with Gasteiger partial charge in [-0.15, -0.1) is 0 Å². The zero-order valence-corrected chi connectivity index (χ0v) is 15.0. The number of fused-ring (bicyclic) bond motifs is 1. The Hall–Kier alpha value is -3.48. The summed E-state index contributed by atoms with van der Waals surface area (Å²) in [6.07, 6.45) is 5.75. The summed E-state index contributed by atoms with van der Waals surface area (Å²) in [5, 5.41) is 0.937. The second-order valence-electron chi connectivity index (χ2n) is 6.44. The summed E-state index contributed by atoms with van der Waals surface area (Å²) in [5.74, 6) is -0.144. The molecule has 7 nitrogen and oxygen atoms in total. The van der Waals surface area contributed by atoms with E-state index in [1.54, 1.807) is 4.90 Å². The van der Waals surface area contributed by atoms with Gasteiger partial charge in [-0.2, -0.15) is 0 Å². The number of carbonyl (C=O) groups excluding carboxylic acids is 1. The predicted octanol–water partition coefficient (Wildman–Crippen LogP) is 3.67. The van der Waals surface area contributed by atoms with Gasteiger partial charge in [0.25, 0.3) is 5.91 Å². The highest BCUT2D eigenvalue weighted by atomic mass is 16.3. The van der Waals surface area contributed by atoms with Gasteiger partial charge < -0.3 is 13.7 Å². The summed E-state index contributed by atoms with van der Waals surface area (Å²) in [6, 6.07) is 7.90. The largest absolute Gasteiger partial charge is 0.451 e. The number of hydrogen-bond donors (Lipinski definition) is 0. The molecule has 0 unspecified atom stereocenters. The summed E-state index contributed by atoms with van der Waals surface area (Å²) in [7, 11) is 0. The maximum absolute atomic E-state index is 13.3. The molecule has 0 aliphatic carbocycles. The minimum atomic E-state index is -0.144. The molecule has 3 heterocycles. The van der Waals surface area contributed by atoms with Crippen molar-refractivity contribution in [3.05, 3.63) is 77.8 Å². The molecule has 3 aromatic heterocycles. The van der Waals surface area contributed by atoms with Crippen LogP contribution in [0.15, 0.2) is 58.4 Å². The maximum atomic E-state index is 13.3. The van der Waals surface area contributed by atoms with Crippen LogP contribution >= 0.6 is 0 Å². The molecule has 7 heteroatoms. The Labute approximate surface area is 155 Å². The number of benzene rings is 1. The van der Waals surface area contributed by atoms with Gasteiger partial charge in [-0.05, 0) is 32.0 Å². The summed E-state index contributed by atoms with van der Waals surface area (Å²) in [5.41, 5.74) is 4.55. The molecular formula is C20H18N4O3. The van der Waals surface area contributed by atoms with Crippen molar-refractivity contribution in [1.29, 1.82) is 0 Å². The first-order valence-corrected chi connectivity index (χ1v) is 8.51. The monoisotopic (exact) mass is 362 g/mol. The van der Waals surface area contributed by atoms with E-state index in [9.17, 15) is 4.79 Å². The number of amides is 1. The molecule has 0 spiro atoms. The van der Waals surface area contributed by atoms with Gasteiger partial charge in [0, 0.05) is 5.39 Å². The summed E-state index contributed by atoms with van der Waals surface area (Å²) >= 11 is 0. The molecule has 0 saturated heterocycles. The van der Waals surface area contributed by atoms with Crippen LogP contribution in [0.1, 0.15) is 33.0 Å². The van der Waals surface area contributed by atoms with E-state index in [2.05, 4.69) is 15.0 Å². The third-order valence-electron chi connectivity index (χ3n) is 4.35. The van der Waals surface area contributed by atoms with E-state index in [0.717, 1.165) is 16.5 Å². The fourth-order valence-corrected chi connectivity index (χ4v) is 3.00. The van der Waals surface area contributed by atoms with Crippen molar-refractivity contribution in [3.8, 4) is 0 Å². The molecule has 27 heavy (non-hydrogen) atoms. The number of carbonyl (C=O) groups is 1. The molecule has 0 atom stereocenters. The Morgan fingerprint density at radius 2 is 1.67 bits per heavy atom. The number of rotatable bonds is 5. The van der Waals surface area contributed by atoms with Gasteiger partial charge in [-0.1, -0.05) is 11.6 Å². The highest BCUT2D eigenvalue weighted by molar-refractivity contribution is 5.98. The van der Waals surface area contributed by atoms with Crippen LogP contribution in [0.3, 0.4) is 0 Å². The van der Waals surface area contributed by atoms with Gasteiger partial charge in [-0.25, -0.2) is 9.97 Å². The van der Waals surface area contributed by atoms with Crippen LogP contribution in [0.2, 0.25) is 0 Å². The molecule has 0 bridgehead atoms. The number of aryl methyl sites for hydroxylation is 2. The van der Waals surface area contributed by atoms with E-state index in [-0.39, 0.29) is 5.91 Å². The smallest absolute Gasteiger partial charge is 0.256 e. The molecule has 4 rings (SSSR count). The standard InChI is InChI=1S/C20H18N4O3/c1-13-3-4-19-15(5-13)6-18(14(2)23-19)20(25)24(7-16-9-26-11-21-16)8-17-10-27-12-22-17/h3-6,9-12H,7-8H2,1-2H3. The quantitative estimate of drug-likeness (QED) is 0.538. The third kappa shape index (κ3) is 3.57. The molecule has 0 aliphatic rings. The van der Waals surface area contributed by atoms with E-state index in [1.807, 2.05) is 38.1 Å². The fraction of sp³-hybridized carbons (Fsp3) is 0.200. The summed E-state index contributed by atoms with van der Waals surface area (Å²) < 4.78 is 10.1. The number of hydrogen-bond acceptors (Lipinski definition) is 6. The number of aromatic nitrogens is 3. The fourth-order valence-electron chi connectivity index (χ4n) is 3.00. The minimum absolute atomic E-state index is 0.144. The molecule has 0 aliphatic heterocycles. The predicted molar refractivity (Wildman–Crippen MR) is 97.8 cm³/mol. The minimum Gasteiger partial charge on any atom is -0.451 e. The second-order valence-corrected chi connectivity index (χ2v) is 6.44. The van der Waals surface area contributed by atoms with Gasteiger partial charge in [-0.3, -0.25) is 9.78 Å². The van der Waals surface area contributed by atoms with E-state index in [4.69, 9.17) is 8.83 Å². The van der Waals surface area contributed by atoms with Crippen molar-refractivity contribution in [3.63, 3.8) is 0 Å². The first-order chi connectivity index (χ1) is 13.1. The average Bonchev–Trinajstić information content (AvgIpc) is 3.34. The van der Waals surface area contributed by atoms with Crippen molar-refractivity contribution in [2.75, 3.05) is 0 Å². The van der Waals surface area contributed by atoms with Crippen LogP contribution in [0.25, 0.3) is 10.9 Å². The molecule has 0 saturated carbocycles. The average molecular weight is 362 g/mol.